The lowest BCUT2D eigenvalue weighted by atomic mass is 9.78. The largest absolute Gasteiger partial charge is 0.465 e. The molecule has 0 aliphatic heterocycles. The Hall–Kier alpha value is -1.72. The first-order chi connectivity index (χ1) is 10.5. The molecule has 0 aromatic carbocycles. The minimum absolute atomic E-state index is 0.0875. The van der Waals surface area contributed by atoms with Crippen LogP contribution in [0.2, 0.25) is 0 Å². The first-order valence-corrected chi connectivity index (χ1v) is 7.80. The predicted molar refractivity (Wildman–Crippen MR) is 80.1 cm³/mol. The van der Waals surface area contributed by atoms with Crippen molar-refractivity contribution in [2.24, 2.45) is 5.41 Å². The number of ether oxygens (including phenoxy) is 2. The number of esters is 2. The van der Waals surface area contributed by atoms with E-state index in [2.05, 4.69) is 0 Å². The van der Waals surface area contributed by atoms with Gasteiger partial charge in [-0.2, -0.15) is 0 Å². The molecule has 0 bridgehead atoms. The first kappa shape index (κ1) is 20.3. The minimum atomic E-state index is -1.71. The van der Waals surface area contributed by atoms with E-state index in [9.17, 15) is 19.2 Å². The quantitative estimate of drug-likeness (QED) is 0.180. The van der Waals surface area contributed by atoms with Gasteiger partial charge >= 0.3 is 11.9 Å². The molecule has 0 radical (unpaired) electrons. The van der Waals surface area contributed by atoms with Crippen LogP contribution in [0.4, 0.5) is 0 Å². The van der Waals surface area contributed by atoms with E-state index in [0.717, 1.165) is 19.3 Å². The summed E-state index contributed by atoms with van der Waals surface area (Å²) in [7, 11) is 0. The molecule has 22 heavy (non-hydrogen) atoms. The molecule has 0 atom stereocenters. The van der Waals surface area contributed by atoms with E-state index in [-0.39, 0.29) is 25.9 Å². The summed E-state index contributed by atoms with van der Waals surface area (Å²) in [6.45, 7) is 5.45. The van der Waals surface area contributed by atoms with Crippen LogP contribution in [0, 0.1) is 5.41 Å². The number of hydrogen-bond acceptors (Lipinski definition) is 6. The Bertz CT molecular complexity index is 370. The van der Waals surface area contributed by atoms with Crippen LogP contribution in [0.3, 0.4) is 0 Å². The lowest BCUT2D eigenvalue weighted by molar-refractivity contribution is -0.174. The SMILES string of the molecule is CCCCCCC(CC(=O)C=O)(C(=O)OCC)C(=O)OCC. The maximum atomic E-state index is 12.3. The second-order valence-corrected chi connectivity index (χ2v) is 5.09. The van der Waals surface area contributed by atoms with Crippen LogP contribution < -0.4 is 0 Å². The fourth-order valence-electron chi connectivity index (χ4n) is 2.25. The van der Waals surface area contributed by atoms with Crippen LogP contribution in [0.1, 0.15) is 59.3 Å². The molecular weight excluding hydrogens is 288 g/mol. The molecule has 126 valence electrons. The highest BCUT2D eigenvalue weighted by Gasteiger charge is 2.49. The number of hydrogen-bond donors (Lipinski definition) is 0. The second-order valence-electron chi connectivity index (χ2n) is 5.09. The second kappa shape index (κ2) is 10.9. The molecule has 0 unspecified atom stereocenters. The van der Waals surface area contributed by atoms with Gasteiger partial charge in [-0.05, 0) is 20.3 Å². The Balaban J connectivity index is 5.37. The molecule has 0 aliphatic rings. The number of aldehydes is 1. The Morgan fingerprint density at radius 1 is 0.909 bits per heavy atom. The van der Waals surface area contributed by atoms with E-state index < -0.39 is 29.6 Å². The third-order valence-electron chi connectivity index (χ3n) is 3.40. The maximum absolute atomic E-state index is 12.3. The lowest BCUT2D eigenvalue weighted by Gasteiger charge is -2.28. The Morgan fingerprint density at radius 2 is 1.45 bits per heavy atom. The molecule has 0 spiro atoms. The maximum Gasteiger partial charge on any atom is 0.323 e. The number of rotatable bonds is 12. The average Bonchev–Trinajstić information content (AvgIpc) is 2.50. The van der Waals surface area contributed by atoms with E-state index in [1.165, 1.54) is 0 Å². The monoisotopic (exact) mass is 314 g/mol. The molecule has 0 aromatic heterocycles. The molecule has 6 nitrogen and oxygen atoms in total. The summed E-state index contributed by atoms with van der Waals surface area (Å²) < 4.78 is 9.94. The van der Waals surface area contributed by atoms with Crippen molar-refractivity contribution in [3.8, 4) is 0 Å². The van der Waals surface area contributed by atoms with Gasteiger partial charge in [0.1, 0.15) is 0 Å². The fraction of sp³-hybridized carbons (Fsp3) is 0.750. The van der Waals surface area contributed by atoms with Crippen LogP contribution in [0.5, 0.6) is 0 Å². The molecule has 6 heteroatoms. The van der Waals surface area contributed by atoms with Gasteiger partial charge in [-0.1, -0.05) is 32.6 Å². The summed E-state index contributed by atoms with van der Waals surface area (Å²) in [5.41, 5.74) is -1.71. The van der Waals surface area contributed by atoms with Gasteiger partial charge in [-0.3, -0.25) is 19.2 Å². The molecule has 0 aromatic rings. The van der Waals surface area contributed by atoms with E-state index in [4.69, 9.17) is 9.47 Å². The van der Waals surface area contributed by atoms with Crippen molar-refractivity contribution in [2.45, 2.75) is 59.3 Å². The third kappa shape index (κ3) is 5.95. The van der Waals surface area contributed by atoms with Gasteiger partial charge in [0.15, 0.2) is 17.5 Å². The minimum Gasteiger partial charge on any atom is -0.465 e. The van der Waals surface area contributed by atoms with Crippen molar-refractivity contribution >= 4 is 24.0 Å². The van der Waals surface area contributed by atoms with Crippen LogP contribution in [-0.4, -0.2) is 37.2 Å². The number of unbranched alkanes of at least 4 members (excludes halogenated alkanes) is 3. The highest BCUT2D eigenvalue weighted by Crippen LogP contribution is 2.33. The topological polar surface area (TPSA) is 86.7 Å². The highest BCUT2D eigenvalue weighted by molar-refractivity contribution is 6.27. The molecule has 0 heterocycles. The zero-order chi connectivity index (χ0) is 17.0. The molecular formula is C16H26O6. The van der Waals surface area contributed by atoms with Crippen molar-refractivity contribution in [1.29, 1.82) is 0 Å². The molecule has 0 aliphatic carbocycles. The van der Waals surface area contributed by atoms with E-state index >= 15 is 0 Å². The molecule has 0 saturated heterocycles. The van der Waals surface area contributed by atoms with E-state index in [1.807, 2.05) is 6.92 Å². The van der Waals surface area contributed by atoms with Gasteiger partial charge in [0.25, 0.3) is 0 Å². The van der Waals surface area contributed by atoms with Crippen molar-refractivity contribution in [2.75, 3.05) is 13.2 Å². The van der Waals surface area contributed by atoms with Gasteiger partial charge < -0.3 is 9.47 Å². The average molecular weight is 314 g/mol. The van der Waals surface area contributed by atoms with Gasteiger partial charge in [0.2, 0.25) is 0 Å². The number of ketones is 1. The summed E-state index contributed by atoms with van der Waals surface area (Å²) in [6, 6.07) is 0. The predicted octanol–water partition coefficient (Wildman–Crippen LogP) is 2.23. The van der Waals surface area contributed by atoms with Crippen LogP contribution in [-0.2, 0) is 28.7 Å². The molecule has 0 saturated carbocycles. The Kier molecular flexibility index (Phi) is 10.1. The lowest BCUT2D eigenvalue weighted by Crippen LogP contribution is -2.44. The molecule has 0 N–H and O–H groups in total. The number of carbonyl (C=O) groups excluding carboxylic acids is 4. The van der Waals surface area contributed by atoms with Crippen LogP contribution in [0.25, 0.3) is 0 Å². The number of Topliss-reactive ketones (excluding diaryl/α,β-unsaturated/α-hetero) is 1. The van der Waals surface area contributed by atoms with E-state index in [1.54, 1.807) is 13.8 Å². The van der Waals surface area contributed by atoms with Gasteiger partial charge in [-0.15, -0.1) is 0 Å². The summed E-state index contributed by atoms with van der Waals surface area (Å²) in [5, 5.41) is 0. The summed E-state index contributed by atoms with van der Waals surface area (Å²) >= 11 is 0. The summed E-state index contributed by atoms with van der Waals surface area (Å²) in [6.07, 6.45) is 3.14. The standard InChI is InChI=1S/C16H26O6/c1-4-7-8-9-10-16(11-13(18)12-17,14(19)21-5-2)15(20)22-6-3/h12H,4-11H2,1-3H3. The van der Waals surface area contributed by atoms with Gasteiger partial charge in [0.05, 0.1) is 13.2 Å². The number of carbonyl (C=O) groups is 4. The van der Waals surface area contributed by atoms with E-state index in [0.29, 0.717) is 6.42 Å². The summed E-state index contributed by atoms with van der Waals surface area (Å²) in [5.74, 6) is -2.39. The molecule has 0 rings (SSSR count). The highest BCUT2D eigenvalue weighted by atomic mass is 16.6. The summed E-state index contributed by atoms with van der Waals surface area (Å²) in [4.78, 5) is 46.8. The first-order valence-electron chi connectivity index (χ1n) is 7.80. The van der Waals surface area contributed by atoms with Gasteiger partial charge in [0, 0.05) is 6.42 Å². The molecule has 0 fully saturated rings. The Labute approximate surface area is 131 Å². The van der Waals surface area contributed by atoms with Crippen molar-refractivity contribution in [3.05, 3.63) is 0 Å². The zero-order valence-electron chi connectivity index (χ0n) is 13.7. The molecule has 0 amide bonds. The smallest absolute Gasteiger partial charge is 0.323 e. The van der Waals surface area contributed by atoms with Crippen molar-refractivity contribution in [3.63, 3.8) is 0 Å². The third-order valence-corrected chi connectivity index (χ3v) is 3.40. The van der Waals surface area contributed by atoms with Gasteiger partial charge in [-0.25, -0.2) is 0 Å². The van der Waals surface area contributed by atoms with Crippen LogP contribution in [0.15, 0.2) is 0 Å². The van der Waals surface area contributed by atoms with Crippen molar-refractivity contribution in [1.82, 2.24) is 0 Å². The fourth-order valence-corrected chi connectivity index (χ4v) is 2.25. The van der Waals surface area contributed by atoms with Crippen molar-refractivity contribution < 1.29 is 28.7 Å². The Morgan fingerprint density at radius 3 is 1.86 bits per heavy atom. The van der Waals surface area contributed by atoms with Crippen LogP contribution >= 0.6 is 0 Å². The zero-order valence-corrected chi connectivity index (χ0v) is 13.7. The normalized spacial score (nSPS) is 10.9.